The van der Waals surface area contributed by atoms with Crippen molar-refractivity contribution in [1.82, 2.24) is 0 Å². The van der Waals surface area contributed by atoms with E-state index in [1.54, 1.807) is 0 Å². The van der Waals surface area contributed by atoms with E-state index in [1.807, 2.05) is 12.1 Å². The minimum absolute atomic E-state index is 0.168. The highest BCUT2D eigenvalue weighted by atomic mass is 35.5. The van der Waals surface area contributed by atoms with E-state index in [9.17, 15) is 5.11 Å². The molecule has 0 radical (unpaired) electrons. The quantitative estimate of drug-likeness (QED) is 0.906. The number of rotatable bonds is 2. The lowest BCUT2D eigenvalue weighted by molar-refractivity contribution is -0.192. The second kappa shape index (κ2) is 5.41. The zero-order valence-electron chi connectivity index (χ0n) is 10.8. The van der Waals surface area contributed by atoms with E-state index in [0.717, 1.165) is 24.3 Å². The molecule has 1 N–H and O–H groups in total. The van der Waals surface area contributed by atoms with Gasteiger partial charge in [-0.25, -0.2) is 0 Å². The SMILES string of the molecule is OC[C@H]1CC2(CC[C@@H]1c1ccc(Cl)cc1)OCCO2. The van der Waals surface area contributed by atoms with Crippen LogP contribution >= 0.6 is 11.6 Å². The molecule has 2 atom stereocenters. The molecule has 1 aliphatic carbocycles. The zero-order chi connectivity index (χ0) is 13.3. The minimum atomic E-state index is -0.434. The van der Waals surface area contributed by atoms with Crippen molar-refractivity contribution in [2.75, 3.05) is 19.8 Å². The number of hydrogen-bond acceptors (Lipinski definition) is 3. The van der Waals surface area contributed by atoms with Crippen LogP contribution in [0.1, 0.15) is 30.7 Å². The molecule has 1 aliphatic heterocycles. The van der Waals surface area contributed by atoms with Crippen molar-refractivity contribution in [1.29, 1.82) is 0 Å². The van der Waals surface area contributed by atoms with Crippen LogP contribution in [0.3, 0.4) is 0 Å². The fraction of sp³-hybridized carbons (Fsp3) is 0.600. The molecular formula is C15H19ClO3. The van der Waals surface area contributed by atoms with Crippen LogP contribution in [0, 0.1) is 5.92 Å². The Morgan fingerprint density at radius 3 is 2.53 bits per heavy atom. The number of aliphatic hydroxyl groups excluding tert-OH is 1. The van der Waals surface area contributed by atoms with Gasteiger partial charge in [0.1, 0.15) is 0 Å². The van der Waals surface area contributed by atoms with Crippen LogP contribution in [0.2, 0.25) is 5.02 Å². The third kappa shape index (κ3) is 2.65. The average molecular weight is 283 g/mol. The topological polar surface area (TPSA) is 38.7 Å². The highest BCUT2D eigenvalue weighted by Gasteiger charge is 2.45. The standard InChI is InChI=1S/C15H19ClO3/c16-13-3-1-11(2-4-13)14-5-6-15(9-12(14)10-17)18-7-8-19-15/h1-4,12,14,17H,5-10H2/t12-,14-/m1/s1. The molecule has 1 heterocycles. The zero-order valence-corrected chi connectivity index (χ0v) is 11.6. The molecule has 1 saturated heterocycles. The molecule has 1 spiro atoms. The van der Waals surface area contributed by atoms with Gasteiger partial charge in [0.2, 0.25) is 0 Å². The van der Waals surface area contributed by atoms with Crippen LogP contribution in [0.4, 0.5) is 0 Å². The van der Waals surface area contributed by atoms with E-state index >= 15 is 0 Å². The Bertz CT molecular complexity index is 426. The predicted octanol–water partition coefficient (Wildman–Crippen LogP) is 2.96. The summed E-state index contributed by atoms with van der Waals surface area (Å²) in [4.78, 5) is 0. The molecule has 2 aliphatic rings. The lowest BCUT2D eigenvalue weighted by Crippen LogP contribution is -2.40. The summed E-state index contributed by atoms with van der Waals surface area (Å²) >= 11 is 5.93. The summed E-state index contributed by atoms with van der Waals surface area (Å²) in [6.45, 7) is 1.51. The lowest BCUT2D eigenvalue weighted by Gasteiger charge is -2.40. The number of ether oxygens (including phenoxy) is 2. The third-order valence-electron chi connectivity index (χ3n) is 4.32. The maximum Gasteiger partial charge on any atom is 0.168 e. The van der Waals surface area contributed by atoms with Crippen LogP contribution in [0.5, 0.6) is 0 Å². The Morgan fingerprint density at radius 2 is 1.89 bits per heavy atom. The summed E-state index contributed by atoms with van der Waals surface area (Å²) in [5, 5.41) is 10.4. The smallest absolute Gasteiger partial charge is 0.168 e. The van der Waals surface area contributed by atoms with Gasteiger partial charge in [-0.05, 0) is 36.0 Å². The lowest BCUT2D eigenvalue weighted by atomic mass is 9.73. The molecular weight excluding hydrogens is 264 g/mol. The Hall–Kier alpha value is -0.610. The van der Waals surface area contributed by atoms with Crippen molar-refractivity contribution in [3.05, 3.63) is 34.9 Å². The molecule has 2 fully saturated rings. The maximum atomic E-state index is 9.68. The Balaban J connectivity index is 1.78. The molecule has 0 bridgehead atoms. The van der Waals surface area contributed by atoms with Crippen molar-refractivity contribution in [3.8, 4) is 0 Å². The second-order valence-corrected chi connectivity index (χ2v) is 5.89. The Kier molecular flexibility index (Phi) is 3.81. The Morgan fingerprint density at radius 1 is 1.21 bits per heavy atom. The van der Waals surface area contributed by atoms with E-state index < -0.39 is 5.79 Å². The fourth-order valence-electron chi connectivity index (χ4n) is 3.35. The molecule has 3 rings (SSSR count). The van der Waals surface area contributed by atoms with E-state index in [1.165, 1.54) is 5.56 Å². The summed E-state index contributed by atoms with van der Waals surface area (Å²) < 4.78 is 11.5. The molecule has 104 valence electrons. The first-order valence-electron chi connectivity index (χ1n) is 6.87. The molecule has 4 heteroatoms. The third-order valence-corrected chi connectivity index (χ3v) is 4.58. The van der Waals surface area contributed by atoms with Gasteiger partial charge in [0.05, 0.1) is 13.2 Å². The first-order chi connectivity index (χ1) is 9.22. The van der Waals surface area contributed by atoms with E-state index in [0.29, 0.717) is 19.1 Å². The van der Waals surface area contributed by atoms with Gasteiger partial charge in [0.25, 0.3) is 0 Å². The summed E-state index contributed by atoms with van der Waals surface area (Å²) in [6, 6.07) is 7.95. The van der Waals surface area contributed by atoms with Gasteiger partial charge < -0.3 is 14.6 Å². The number of halogens is 1. The summed E-state index contributed by atoms with van der Waals surface area (Å²) in [5.74, 6) is 0.116. The van der Waals surface area contributed by atoms with Gasteiger partial charge >= 0.3 is 0 Å². The van der Waals surface area contributed by atoms with Gasteiger partial charge in [-0.3, -0.25) is 0 Å². The monoisotopic (exact) mass is 282 g/mol. The molecule has 19 heavy (non-hydrogen) atoms. The van der Waals surface area contributed by atoms with Crippen molar-refractivity contribution in [2.45, 2.75) is 31.0 Å². The van der Waals surface area contributed by atoms with Gasteiger partial charge in [0, 0.05) is 24.5 Å². The average Bonchev–Trinajstić information content (AvgIpc) is 2.88. The maximum absolute atomic E-state index is 9.68. The van der Waals surface area contributed by atoms with E-state index in [4.69, 9.17) is 21.1 Å². The molecule has 0 unspecified atom stereocenters. The van der Waals surface area contributed by atoms with Crippen LogP contribution in [0.15, 0.2) is 24.3 Å². The van der Waals surface area contributed by atoms with Crippen molar-refractivity contribution in [3.63, 3.8) is 0 Å². The van der Waals surface area contributed by atoms with Crippen LogP contribution in [0.25, 0.3) is 0 Å². The van der Waals surface area contributed by atoms with Gasteiger partial charge in [-0.2, -0.15) is 0 Å². The van der Waals surface area contributed by atoms with Crippen molar-refractivity contribution in [2.24, 2.45) is 5.92 Å². The normalized spacial score (nSPS) is 29.8. The first-order valence-corrected chi connectivity index (χ1v) is 7.24. The Labute approximate surface area is 118 Å². The summed E-state index contributed by atoms with van der Waals surface area (Å²) in [5.41, 5.74) is 1.25. The van der Waals surface area contributed by atoms with E-state index in [2.05, 4.69) is 12.1 Å². The van der Waals surface area contributed by atoms with Crippen LogP contribution in [-0.4, -0.2) is 30.7 Å². The van der Waals surface area contributed by atoms with Crippen LogP contribution in [-0.2, 0) is 9.47 Å². The largest absolute Gasteiger partial charge is 0.396 e. The minimum Gasteiger partial charge on any atom is -0.396 e. The van der Waals surface area contributed by atoms with Gasteiger partial charge in [-0.15, -0.1) is 0 Å². The highest BCUT2D eigenvalue weighted by Crippen LogP contribution is 2.45. The van der Waals surface area contributed by atoms with Gasteiger partial charge in [0.15, 0.2) is 5.79 Å². The van der Waals surface area contributed by atoms with Crippen molar-refractivity contribution >= 4 is 11.6 Å². The summed E-state index contributed by atoms with van der Waals surface area (Å²) in [7, 11) is 0. The summed E-state index contributed by atoms with van der Waals surface area (Å²) in [6.07, 6.45) is 2.65. The molecule has 0 aromatic heterocycles. The predicted molar refractivity (Wildman–Crippen MR) is 73.3 cm³/mol. The number of benzene rings is 1. The fourth-order valence-corrected chi connectivity index (χ4v) is 3.48. The molecule has 3 nitrogen and oxygen atoms in total. The highest BCUT2D eigenvalue weighted by molar-refractivity contribution is 6.30. The molecule has 0 amide bonds. The van der Waals surface area contributed by atoms with Crippen molar-refractivity contribution < 1.29 is 14.6 Å². The van der Waals surface area contributed by atoms with Gasteiger partial charge in [-0.1, -0.05) is 23.7 Å². The number of hydrogen-bond donors (Lipinski definition) is 1. The van der Waals surface area contributed by atoms with Crippen LogP contribution < -0.4 is 0 Å². The molecule has 1 aromatic carbocycles. The second-order valence-electron chi connectivity index (χ2n) is 5.45. The first kappa shape index (κ1) is 13.4. The molecule has 1 saturated carbocycles. The number of aliphatic hydroxyl groups is 1. The molecule has 1 aromatic rings. The van der Waals surface area contributed by atoms with E-state index in [-0.39, 0.29) is 12.5 Å².